The summed E-state index contributed by atoms with van der Waals surface area (Å²) in [6, 6.07) is 7.23. The number of carbonyl (C=O) groups is 1. The van der Waals surface area contributed by atoms with Crippen molar-refractivity contribution >= 4 is 34.4 Å². The summed E-state index contributed by atoms with van der Waals surface area (Å²) in [7, 11) is 0. The van der Waals surface area contributed by atoms with Gasteiger partial charge in [0.15, 0.2) is 0 Å². The fourth-order valence-electron chi connectivity index (χ4n) is 3.86. The number of benzene rings is 1. The van der Waals surface area contributed by atoms with Gasteiger partial charge in [-0.3, -0.25) is 0 Å². The molecule has 5 N–H and O–H groups in total. The van der Waals surface area contributed by atoms with E-state index in [4.69, 9.17) is 10.5 Å². The van der Waals surface area contributed by atoms with Crippen molar-refractivity contribution in [2.24, 2.45) is 0 Å². The molecule has 4 rings (SSSR count). The van der Waals surface area contributed by atoms with Crippen molar-refractivity contribution in [3.63, 3.8) is 0 Å². The Bertz CT molecular complexity index is 1570. The van der Waals surface area contributed by atoms with Crippen molar-refractivity contribution in [3.8, 4) is 5.75 Å². The third-order valence-corrected chi connectivity index (χ3v) is 5.91. The van der Waals surface area contributed by atoms with E-state index in [1.165, 1.54) is 0 Å². The minimum Gasteiger partial charge on any atom is -0.458 e. The number of carbonyl (C=O) groups excluding carboxylic acids is 1. The van der Waals surface area contributed by atoms with Crippen LogP contribution in [0.5, 0.6) is 5.75 Å². The van der Waals surface area contributed by atoms with E-state index in [9.17, 15) is 4.79 Å². The highest BCUT2D eigenvalue weighted by Gasteiger charge is 2.16. The Kier molecular flexibility index (Phi) is 8.25. The van der Waals surface area contributed by atoms with Crippen LogP contribution in [0.1, 0.15) is 29.4 Å². The van der Waals surface area contributed by atoms with Gasteiger partial charge < -0.3 is 26.4 Å². The molecule has 200 valence electrons. The molecule has 0 unspecified atom stereocenters. The Balaban J connectivity index is 1.48. The monoisotopic (exact) mass is 524 g/mol. The van der Waals surface area contributed by atoms with Crippen LogP contribution in [0.15, 0.2) is 79.5 Å². The van der Waals surface area contributed by atoms with E-state index in [-0.39, 0.29) is 12.6 Å². The number of nitrogens with one attached hydrogen (secondary N) is 3. The van der Waals surface area contributed by atoms with Gasteiger partial charge in [0.2, 0.25) is 0 Å². The zero-order chi connectivity index (χ0) is 27.9. The van der Waals surface area contributed by atoms with Crippen molar-refractivity contribution in [1.29, 1.82) is 0 Å². The fourth-order valence-corrected chi connectivity index (χ4v) is 3.86. The van der Waals surface area contributed by atoms with Gasteiger partial charge in [0, 0.05) is 29.6 Å². The molecule has 2 amide bonds. The summed E-state index contributed by atoms with van der Waals surface area (Å²) in [5.74, 6) is 2.15. The molecule has 4 aromatic rings. The van der Waals surface area contributed by atoms with Crippen molar-refractivity contribution in [2.75, 3.05) is 16.4 Å². The van der Waals surface area contributed by atoms with Crippen LogP contribution in [-0.2, 0) is 6.54 Å². The number of hydrogen-bond donors (Lipinski definition) is 4. The van der Waals surface area contributed by atoms with Crippen LogP contribution < -0.4 is 26.4 Å². The summed E-state index contributed by atoms with van der Waals surface area (Å²) >= 11 is 0. The van der Waals surface area contributed by atoms with Crippen LogP contribution in [0.2, 0.25) is 0 Å². The van der Waals surface area contributed by atoms with Gasteiger partial charge in [-0.15, -0.1) is 0 Å². The van der Waals surface area contributed by atoms with Gasteiger partial charge >= 0.3 is 6.03 Å². The van der Waals surface area contributed by atoms with E-state index in [0.717, 1.165) is 28.0 Å². The summed E-state index contributed by atoms with van der Waals surface area (Å²) in [4.78, 5) is 20.9. The first-order chi connectivity index (χ1) is 18.7. The summed E-state index contributed by atoms with van der Waals surface area (Å²) in [6.45, 7) is 11.7. The van der Waals surface area contributed by atoms with E-state index >= 15 is 0 Å². The Morgan fingerprint density at radius 3 is 2.64 bits per heavy atom. The number of aryl methyl sites for hydroxylation is 3. The maximum atomic E-state index is 12.6. The number of amides is 2. The van der Waals surface area contributed by atoms with Crippen LogP contribution in [0.4, 0.5) is 27.7 Å². The molecule has 0 atom stereocenters. The average Bonchev–Trinajstić information content (AvgIpc) is 3.21. The molecule has 10 nitrogen and oxygen atoms in total. The first-order valence-corrected chi connectivity index (χ1v) is 12.4. The second kappa shape index (κ2) is 12.0. The van der Waals surface area contributed by atoms with Crippen molar-refractivity contribution in [3.05, 3.63) is 102 Å². The first-order valence-electron chi connectivity index (χ1n) is 12.4. The van der Waals surface area contributed by atoms with Crippen molar-refractivity contribution in [1.82, 2.24) is 24.9 Å². The van der Waals surface area contributed by atoms with Gasteiger partial charge in [-0.2, -0.15) is 5.10 Å². The molecule has 0 radical (unpaired) electrons. The number of fused-ring (bicyclic) bond motifs is 1. The number of aromatic nitrogens is 4. The molecule has 0 aliphatic rings. The third kappa shape index (κ3) is 6.61. The van der Waals surface area contributed by atoms with Crippen molar-refractivity contribution in [2.45, 2.75) is 34.2 Å². The van der Waals surface area contributed by atoms with E-state index in [1.807, 2.05) is 63.3 Å². The number of ether oxygens (including phenoxy) is 1. The van der Waals surface area contributed by atoms with E-state index in [2.05, 4.69) is 37.6 Å². The lowest BCUT2D eigenvalue weighted by Gasteiger charge is -2.13. The number of allylic oxidation sites excluding steroid dienone is 4. The summed E-state index contributed by atoms with van der Waals surface area (Å²) < 4.78 is 7.50. The lowest BCUT2D eigenvalue weighted by molar-refractivity contribution is 0.251. The molecule has 0 fully saturated rings. The van der Waals surface area contributed by atoms with Gasteiger partial charge in [-0.25, -0.2) is 19.3 Å². The molecule has 3 aromatic heterocycles. The summed E-state index contributed by atoms with van der Waals surface area (Å²) in [5, 5.41) is 13.7. The smallest absolute Gasteiger partial charge is 0.319 e. The SMILES string of the molecule is C=C(/C=C\C=C/C)Oc1ccc(Nc2c(C)cnn3cc(NC(=O)NCc4cnc(C)nc4N)c(C)c23)cc1. The van der Waals surface area contributed by atoms with Crippen molar-refractivity contribution < 1.29 is 9.53 Å². The van der Waals surface area contributed by atoms with Crippen LogP contribution >= 0.6 is 0 Å². The van der Waals surface area contributed by atoms with Crippen LogP contribution in [0, 0.1) is 20.8 Å². The lowest BCUT2D eigenvalue weighted by Crippen LogP contribution is -2.28. The minimum atomic E-state index is -0.377. The molecule has 0 bridgehead atoms. The largest absolute Gasteiger partial charge is 0.458 e. The number of hydrogen-bond acceptors (Lipinski definition) is 7. The zero-order valence-electron chi connectivity index (χ0n) is 22.4. The maximum absolute atomic E-state index is 12.6. The molecule has 0 aliphatic heterocycles. The zero-order valence-corrected chi connectivity index (χ0v) is 22.4. The number of rotatable bonds is 9. The highest BCUT2D eigenvalue weighted by atomic mass is 16.5. The number of urea groups is 1. The second-order valence-electron chi connectivity index (χ2n) is 8.90. The minimum absolute atomic E-state index is 0.202. The molecule has 39 heavy (non-hydrogen) atoms. The second-order valence-corrected chi connectivity index (χ2v) is 8.90. The molecular formula is C29H32N8O2. The highest BCUT2D eigenvalue weighted by molar-refractivity contribution is 5.94. The van der Waals surface area contributed by atoms with Crippen LogP contribution in [0.25, 0.3) is 5.52 Å². The van der Waals surface area contributed by atoms with E-state index in [1.54, 1.807) is 36.1 Å². The Morgan fingerprint density at radius 2 is 1.92 bits per heavy atom. The molecule has 1 aromatic carbocycles. The fraction of sp³-hybridized carbons (Fsp3) is 0.172. The standard InChI is InChI=1S/C29H32N8O2/c1-6-7-8-9-19(3)39-24-12-10-23(11-13-24)35-26-18(2)14-33-37-17-25(20(4)27(26)37)36-29(38)32-16-22-15-31-21(5)34-28(22)30/h6-15,17,35H,3,16H2,1-2,4-5H3,(H2,30,31,34)(H2,32,36,38)/b7-6-,9-8-. The molecule has 3 heterocycles. The van der Waals surface area contributed by atoms with E-state index < -0.39 is 0 Å². The van der Waals surface area contributed by atoms with Gasteiger partial charge in [0.05, 0.1) is 29.3 Å². The summed E-state index contributed by atoms with van der Waals surface area (Å²) in [5.41, 5.74) is 11.6. The average molecular weight is 525 g/mol. The topological polar surface area (TPSA) is 131 Å². The number of nitrogen functional groups attached to an aromatic ring is 1. The normalized spacial score (nSPS) is 11.3. The van der Waals surface area contributed by atoms with Gasteiger partial charge in [0.25, 0.3) is 0 Å². The Labute approximate surface area is 227 Å². The molecule has 0 saturated heterocycles. The summed E-state index contributed by atoms with van der Waals surface area (Å²) in [6.07, 6.45) is 12.7. The van der Waals surface area contributed by atoms with Gasteiger partial charge in [-0.05, 0) is 63.6 Å². The van der Waals surface area contributed by atoms with Crippen LogP contribution in [0.3, 0.4) is 0 Å². The molecular weight excluding hydrogens is 492 g/mol. The Morgan fingerprint density at radius 1 is 1.15 bits per heavy atom. The van der Waals surface area contributed by atoms with Crippen LogP contribution in [-0.4, -0.2) is 25.6 Å². The number of nitrogens with zero attached hydrogens (tertiary/aromatic N) is 4. The van der Waals surface area contributed by atoms with Gasteiger partial charge in [-0.1, -0.05) is 24.8 Å². The predicted octanol–water partition coefficient (Wildman–Crippen LogP) is 5.72. The van der Waals surface area contributed by atoms with E-state index in [0.29, 0.717) is 34.4 Å². The number of anilines is 4. The highest BCUT2D eigenvalue weighted by Crippen LogP contribution is 2.32. The number of nitrogens with two attached hydrogens (primary N) is 1. The quantitative estimate of drug-likeness (QED) is 0.163. The molecule has 0 spiro atoms. The molecule has 0 saturated carbocycles. The first kappa shape index (κ1) is 26.9. The lowest BCUT2D eigenvalue weighted by atomic mass is 10.1. The molecule has 0 aliphatic carbocycles. The van der Waals surface area contributed by atoms with Gasteiger partial charge in [0.1, 0.15) is 23.2 Å². The third-order valence-electron chi connectivity index (χ3n) is 5.91. The Hall–Kier alpha value is -5.12. The molecule has 10 heteroatoms. The maximum Gasteiger partial charge on any atom is 0.319 e. The predicted molar refractivity (Wildman–Crippen MR) is 155 cm³/mol.